The summed E-state index contributed by atoms with van der Waals surface area (Å²) in [4.78, 5) is 10.7. The Balaban J connectivity index is 0.00000115. The average Bonchev–Trinajstić information content (AvgIpc) is 3.24. The second kappa shape index (κ2) is 29.0. The number of allylic oxidation sites excluding steroid dienone is 2. The van der Waals surface area contributed by atoms with Crippen LogP contribution in [0.1, 0.15) is 142 Å². The molecule has 2 aromatic rings. The molecule has 3 atom stereocenters. The first-order valence-corrected chi connectivity index (χ1v) is 36.8. The molecule has 2 aromatic carbocycles. The van der Waals surface area contributed by atoms with Crippen LogP contribution in [0.4, 0.5) is 0 Å². The summed E-state index contributed by atoms with van der Waals surface area (Å²) in [6.45, 7) is 54.2. The van der Waals surface area contributed by atoms with Gasteiger partial charge in [0.1, 0.15) is 23.9 Å². The minimum atomic E-state index is -1.96. The van der Waals surface area contributed by atoms with Crippen molar-refractivity contribution < 1.29 is 37.1 Å². The van der Waals surface area contributed by atoms with Gasteiger partial charge in [0.05, 0.1) is 39.6 Å². The lowest BCUT2D eigenvalue weighted by atomic mass is 9.98. The number of carbonyl (C=O) groups is 1. The van der Waals surface area contributed by atoms with Crippen LogP contribution in [-0.2, 0) is 30.5 Å². The Morgan fingerprint density at radius 3 is 1.37 bits per heavy atom. The minimum absolute atomic E-state index is 0.00962. The van der Waals surface area contributed by atoms with Crippen molar-refractivity contribution in [3.8, 4) is 35.7 Å². The van der Waals surface area contributed by atoms with Crippen LogP contribution in [0.2, 0.25) is 72.5 Å². The number of benzene rings is 2. The van der Waals surface area contributed by atoms with Gasteiger partial charge >= 0.3 is 0 Å². The third-order valence-corrected chi connectivity index (χ3v) is 32.8. The summed E-state index contributed by atoms with van der Waals surface area (Å²) >= 11 is 0. The molecule has 1 unspecified atom stereocenters. The number of hydrogen-bond donors (Lipinski definition) is 1. The van der Waals surface area contributed by atoms with E-state index in [9.17, 15) is 9.90 Å². The van der Waals surface area contributed by atoms with Gasteiger partial charge in [0.2, 0.25) is 0 Å². The standard InChI is InChI=1S/C29H50O4Si2.C18H38O2Si2.C11H12O2/c1-13-17-25-24(19-16-21-27(25)31-8)26(30)20-15-14-18-23(33-35(11,12)29(5,6)7)22-32-34(9,10)28(2,3)4;1-12-13-14-16(20-22(10,11)18(5,6)7)15-19-21(8,9)17(2,3)4;1-3-5-10-9(8-12)6-4-7-11(10)13-2/h13,16,19,21,23,26,30H,1,14,17-18,22H2,2-12H3;1,16H,13-15H2,2-11H3;3-4,6-8H,1,5H2,2H3/t23-,26?;16-;/m11./s1. The topological polar surface area (TPSA) is 92.7 Å². The molecule has 0 bridgehead atoms. The van der Waals surface area contributed by atoms with E-state index in [-0.39, 0.29) is 32.4 Å². The van der Waals surface area contributed by atoms with Gasteiger partial charge in [-0.25, -0.2) is 0 Å². The number of rotatable bonds is 22. The smallest absolute Gasteiger partial charge is 0.192 e. The number of ether oxygens (including phenoxy) is 2. The molecular weight excluding hydrogens is 937 g/mol. The molecule has 70 heavy (non-hydrogen) atoms. The molecule has 0 amide bonds. The predicted octanol–water partition coefficient (Wildman–Crippen LogP) is 15.7. The Labute approximate surface area is 434 Å². The summed E-state index contributed by atoms with van der Waals surface area (Å²) in [6, 6.07) is 11.1. The Kier molecular flexibility index (Phi) is 27.8. The van der Waals surface area contributed by atoms with E-state index in [1.807, 2.05) is 30.3 Å². The number of aliphatic hydroxyl groups is 1. The molecule has 0 radical (unpaired) electrons. The molecule has 2 rings (SSSR count). The highest BCUT2D eigenvalue weighted by Crippen LogP contribution is 2.41. The van der Waals surface area contributed by atoms with Crippen LogP contribution in [-0.4, -0.2) is 84.3 Å². The number of terminal acetylenes is 1. The van der Waals surface area contributed by atoms with Crippen LogP contribution in [0.3, 0.4) is 0 Å². The van der Waals surface area contributed by atoms with Crippen LogP contribution >= 0.6 is 0 Å². The van der Waals surface area contributed by atoms with Gasteiger partial charge in [-0.15, -0.1) is 31.4 Å². The molecule has 8 nitrogen and oxygen atoms in total. The summed E-state index contributed by atoms with van der Waals surface area (Å²) in [5, 5.41) is 11.5. The zero-order valence-electron chi connectivity index (χ0n) is 48.4. The fourth-order valence-electron chi connectivity index (χ4n) is 5.94. The number of hydrogen-bond acceptors (Lipinski definition) is 8. The maximum absolute atomic E-state index is 10.8. The first kappa shape index (κ1) is 67.0. The number of aliphatic hydroxyl groups excluding tert-OH is 1. The molecule has 0 aliphatic heterocycles. The van der Waals surface area contributed by atoms with E-state index in [4.69, 9.17) is 33.6 Å². The van der Waals surface area contributed by atoms with Gasteiger partial charge in [-0.2, -0.15) is 0 Å². The fraction of sp³-hybridized carbons (Fsp3) is 0.638. The summed E-state index contributed by atoms with van der Waals surface area (Å²) in [5.41, 5.74) is 3.26. The molecule has 0 saturated heterocycles. The van der Waals surface area contributed by atoms with Crippen molar-refractivity contribution in [2.24, 2.45) is 0 Å². The molecular formula is C58H100O8Si4. The van der Waals surface area contributed by atoms with Gasteiger partial charge < -0.3 is 32.3 Å². The van der Waals surface area contributed by atoms with Gasteiger partial charge in [0, 0.05) is 29.5 Å². The van der Waals surface area contributed by atoms with Crippen molar-refractivity contribution in [2.75, 3.05) is 27.4 Å². The van der Waals surface area contributed by atoms with Gasteiger partial charge in [-0.1, -0.05) is 125 Å². The largest absolute Gasteiger partial charge is 0.496 e. The van der Waals surface area contributed by atoms with E-state index >= 15 is 0 Å². The molecule has 0 aromatic heterocycles. The zero-order valence-corrected chi connectivity index (χ0v) is 52.4. The highest BCUT2D eigenvalue weighted by molar-refractivity contribution is 6.75. The molecule has 0 aliphatic carbocycles. The van der Waals surface area contributed by atoms with E-state index in [1.165, 1.54) is 0 Å². The molecule has 396 valence electrons. The highest BCUT2D eigenvalue weighted by Gasteiger charge is 2.43. The van der Waals surface area contributed by atoms with Crippen molar-refractivity contribution in [1.82, 2.24) is 0 Å². The van der Waals surface area contributed by atoms with Crippen molar-refractivity contribution in [3.05, 3.63) is 84.0 Å². The summed E-state index contributed by atoms with van der Waals surface area (Å²) in [5.74, 6) is 10.5. The zero-order chi connectivity index (χ0) is 54.6. The molecule has 1 N–H and O–H groups in total. The second-order valence-electron chi connectivity index (χ2n) is 24.3. The number of carbonyl (C=O) groups excluding carboxylic acids is 1. The monoisotopic (exact) mass is 1040 g/mol. The van der Waals surface area contributed by atoms with Gasteiger partial charge in [0.15, 0.2) is 33.3 Å². The quantitative estimate of drug-likeness (QED) is 0.0540. The molecule has 0 fully saturated rings. The van der Waals surface area contributed by atoms with Crippen LogP contribution in [0, 0.1) is 24.2 Å². The third kappa shape index (κ3) is 22.0. The minimum Gasteiger partial charge on any atom is -0.496 e. The van der Waals surface area contributed by atoms with E-state index in [2.05, 4.69) is 166 Å². The van der Waals surface area contributed by atoms with Crippen LogP contribution < -0.4 is 9.47 Å². The molecule has 0 heterocycles. The van der Waals surface area contributed by atoms with Crippen LogP contribution in [0.25, 0.3) is 0 Å². The van der Waals surface area contributed by atoms with E-state index in [1.54, 1.807) is 32.4 Å². The molecule has 0 spiro atoms. The molecule has 0 saturated carbocycles. The lowest BCUT2D eigenvalue weighted by molar-refractivity contribution is 0.102. The first-order valence-electron chi connectivity index (χ1n) is 25.2. The van der Waals surface area contributed by atoms with E-state index in [0.29, 0.717) is 38.0 Å². The van der Waals surface area contributed by atoms with Gasteiger partial charge in [0.25, 0.3) is 0 Å². The first-order chi connectivity index (χ1) is 31.9. The van der Waals surface area contributed by atoms with Gasteiger partial charge in [-0.05, 0) is 116 Å². The predicted molar refractivity (Wildman–Crippen MR) is 310 cm³/mol. The maximum Gasteiger partial charge on any atom is 0.192 e. The highest BCUT2D eigenvalue weighted by atomic mass is 28.4. The Morgan fingerprint density at radius 2 is 1.00 bits per heavy atom. The van der Waals surface area contributed by atoms with E-state index < -0.39 is 39.4 Å². The summed E-state index contributed by atoms with van der Waals surface area (Å²) in [7, 11) is -4.15. The van der Waals surface area contributed by atoms with Crippen molar-refractivity contribution in [3.63, 3.8) is 0 Å². The number of methoxy groups -OCH3 is 2. The Morgan fingerprint density at radius 1 is 0.614 bits per heavy atom. The second-order valence-corrected chi connectivity index (χ2v) is 43.4. The summed E-state index contributed by atoms with van der Waals surface area (Å²) < 4.78 is 36.8. The maximum atomic E-state index is 10.8. The van der Waals surface area contributed by atoms with Crippen molar-refractivity contribution in [1.29, 1.82) is 0 Å². The fourth-order valence-corrected chi connectivity index (χ4v) is 10.8. The Hall–Kier alpha value is -3.02. The Bertz CT molecular complexity index is 2010. The van der Waals surface area contributed by atoms with Crippen LogP contribution in [0.5, 0.6) is 11.5 Å². The third-order valence-electron chi connectivity index (χ3n) is 14.7. The lowest BCUT2D eigenvalue weighted by Gasteiger charge is -2.41. The van der Waals surface area contributed by atoms with Crippen molar-refractivity contribution in [2.45, 2.75) is 212 Å². The summed E-state index contributed by atoms with van der Waals surface area (Å²) in [6.07, 6.45) is 13.4. The van der Waals surface area contributed by atoms with Crippen molar-refractivity contribution >= 4 is 39.6 Å². The van der Waals surface area contributed by atoms with Crippen LogP contribution in [0.15, 0.2) is 61.7 Å². The normalized spacial score (nSPS) is 13.9. The molecule has 0 aliphatic rings. The average molecular weight is 1040 g/mol. The molecule has 12 heteroatoms. The number of aldehydes is 1. The lowest BCUT2D eigenvalue weighted by Crippen LogP contribution is -2.47. The van der Waals surface area contributed by atoms with E-state index in [0.717, 1.165) is 53.7 Å². The van der Waals surface area contributed by atoms with Gasteiger partial charge in [-0.3, -0.25) is 4.79 Å². The SMILES string of the molecule is C#CCC[C@H](CO[Si](C)(C)C(C)(C)C)O[Si](C)(C)C(C)(C)C.C=CCc1c(C=O)cccc1OC.C=CCc1c(OC)cccc1C(O)C#CCC[C@H](CO[Si](C)(C)C(C)(C)C)O[Si](C)(C)C(C)(C)C.